The number of hydrogen-bond acceptors (Lipinski definition) is 2. The number of aliphatic hydroxyl groups is 1. The van der Waals surface area contributed by atoms with Crippen LogP contribution in [0.4, 0.5) is 4.39 Å². The molecule has 0 bridgehead atoms. The molecule has 1 aromatic carbocycles. The van der Waals surface area contributed by atoms with Gasteiger partial charge in [-0.1, -0.05) is 0 Å². The third kappa shape index (κ3) is 1.56. The summed E-state index contributed by atoms with van der Waals surface area (Å²) in [5.74, 6) is 0.190. The molecule has 70 valence electrons. The van der Waals surface area contributed by atoms with E-state index in [-0.39, 0.29) is 5.82 Å². The van der Waals surface area contributed by atoms with E-state index >= 15 is 0 Å². The van der Waals surface area contributed by atoms with E-state index in [1.54, 1.807) is 0 Å². The zero-order valence-electron chi connectivity index (χ0n) is 6.76. The van der Waals surface area contributed by atoms with Crippen molar-refractivity contribution in [3.63, 3.8) is 0 Å². The van der Waals surface area contributed by atoms with Crippen LogP contribution in [0.25, 0.3) is 0 Å². The van der Waals surface area contributed by atoms with Crippen LogP contribution in [0.15, 0.2) is 16.6 Å². The zero-order valence-corrected chi connectivity index (χ0v) is 8.34. The SMILES string of the molecule is O[C@@H]1CCOc2c(Br)cc(F)cc21. The van der Waals surface area contributed by atoms with Crippen LogP contribution in [0.1, 0.15) is 18.1 Å². The lowest BCUT2D eigenvalue weighted by atomic mass is 10.0. The number of fused-ring (bicyclic) bond motifs is 1. The summed E-state index contributed by atoms with van der Waals surface area (Å²) in [6.45, 7) is 0.471. The minimum Gasteiger partial charge on any atom is -0.492 e. The summed E-state index contributed by atoms with van der Waals surface area (Å²) in [6, 6.07) is 2.64. The summed E-state index contributed by atoms with van der Waals surface area (Å²) in [7, 11) is 0. The minimum atomic E-state index is -0.615. The summed E-state index contributed by atoms with van der Waals surface area (Å²) in [4.78, 5) is 0. The molecule has 1 atom stereocenters. The second kappa shape index (κ2) is 3.27. The van der Waals surface area contributed by atoms with Crippen molar-refractivity contribution in [1.29, 1.82) is 0 Å². The third-order valence-electron chi connectivity index (χ3n) is 2.03. The Kier molecular flexibility index (Phi) is 2.26. The maximum absolute atomic E-state index is 12.9. The van der Waals surface area contributed by atoms with Gasteiger partial charge in [-0.2, -0.15) is 0 Å². The van der Waals surface area contributed by atoms with Crippen LogP contribution in [0.3, 0.4) is 0 Å². The molecule has 0 radical (unpaired) electrons. The van der Waals surface area contributed by atoms with E-state index in [4.69, 9.17) is 4.74 Å². The molecule has 0 spiro atoms. The van der Waals surface area contributed by atoms with E-state index in [0.717, 1.165) is 0 Å². The van der Waals surface area contributed by atoms with Crippen molar-refractivity contribution in [3.8, 4) is 5.75 Å². The maximum atomic E-state index is 12.9. The first kappa shape index (κ1) is 8.97. The molecule has 0 saturated heterocycles. The van der Waals surface area contributed by atoms with Crippen molar-refractivity contribution >= 4 is 15.9 Å². The van der Waals surface area contributed by atoms with E-state index in [0.29, 0.717) is 28.8 Å². The topological polar surface area (TPSA) is 29.5 Å². The van der Waals surface area contributed by atoms with Gasteiger partial charge in [0.05, 0.1) is 17.2 Å². The predicted molar refractivity (Wildman–Crippen MR) is 49.2 cm³/mol. The van der Waals surface area contributed by atoms with E-state index in [1.807, 2.05) is 0 Å². The average Bonchev–Trinajstić information content (AvgIpc) is 2.07. The molecule has 0 aliphatic carbocycles. The molecule has 0 amide bonds. The van der Waals surface area contributed by atoms with Crippen LogP contribution < -0.4 is 4.74 Å². The van der Waals surface area contributed by atoms with Crippen LogP contribution in [-0.2, 0) is 0 Å². The van der Waals surface area contributed by atoms with Gasteiger partial charge in [-0.25, -0.2) is 4.39 Å². The Morgan fingerprint density at radius 1 is 1.54 bits per heavy atom. The van der Waals surface area contributed by atoms with Gasteiger partial charge in [-0.15, -0.1) is 0 Å². The monoisotopic (exact) mass is 246 g/mol. The zero-order chi connectivity index (χ0) is 9.42. The third-order valence-corrected chi connectivity index (χ3v) is 2.62. The Morgan fingerprint density at radius 2 is 2.31 bits per heavy atom. The molecule has 1 heterocycles. The highest BCUT2D eigenvalue weighted by atomic mass is 79.9. The maximum Gasteiger partial charge on any atom is 0.139 e. The molecule has 0 aromatic heterocycles. The minimum absolute atomic E-state index is 0.366. The van der Waals surface area contributed by atoms with Gasteiger partial charge in [0.15, 0.2) is 0 Å². The van der Waals surface area contributed by atoms with Crippen molar-refractivity contribution in [2.75, 3.05) is 6.61 Å². The van der Waals surface area contributed by atoms with Gasteiger partial charge in [0.2, 0.25) is 0 Å². The van der Waals surface area contributed by atoms with Crippen molar-refractivity contribution in [1.82, 2.24) is 0 Å². The molecule has 2 rings (SSSR count). The van der Waals surface area contributed by atoms with Crippen LogP contribution in [-0.4, -0.2) is 11.7 Å². The van der Waals surface area contributed by atoms with Gasteiger partial charge in [0.25, 0.3) is 0 Å². The molecule has 13 heavy (non-hydrogen) atoms. The Hall–Kier alpha value is -0.610. The summed E-state index contributed by atoms with van der Waals surface area (Å²) in [5, 5.41) is 9.54. The normalized spacial score (nSPS) is 20.7. The first-order valence-corrected chi connectivity index (χ1v) is 4.77. The molecule has 1 N–H and O–H groups in total. The molecule has 1 aliphatic heterocycles. The molecule has 1 aromatic rings. The fraction of sp³-hybridized carbons (Fsp3) is 0.333. The predicted octanol–water partition coefficient (Wildman–Crippen LogP) is 2.40. The molecular formula is C9H8BrFO2. The average molecular weight is 247 g/mol. The van der Waals surface area contributed by atoms with Crippen molar-refractivity contribution < 1.29 is 14.2 Å². The van der Waals surface area contributed by atoms with Crippen LogP contribution in [0.5, 0.6) is 5.75 Å². The van der Waals surface area contributed by atoms with E-state index in [1.165, 1.54) is 12.1 Å². The first-order chi connectivity index (χ1) is 6.18. The van der Waals surface area contributed by atoms with Gasteiger partial charge < -0.3 is 9.84 Å². The number of benzene rings is 1. The number of aliphatic hydroxyl groups excluding tert-OH is 1. The Morgan fingerprint density at radius 3 is 3.08 bits per heavy atom. The number of ether oxygens (including phenoxy) is 1. The van der Waals surface area contributed by atoms with Crippen LogP contribution in [0, 0.1) is 5.82 Å². The van der Waals surface area contributed by atoms with E-state index in [2.05, 4.69) is 15.9 Å². The summed E-state index contributed by atoms with van der Waals surface area (Å²) in [5.41, 5.74) is 0.526. The molecule has 0 fully saturated rings. The van der Waals surface area contributed by atoms with Crippen LogP contribution >= 0.6 is 15.9 Å². The lowest BCUT2D eigenvalue weighted by Gasteiger charge is -2.22. The number of hydrogen-bond donors (Lipinski definition) is 1. The molecule has 0 saturated carbocycles. The lowest BCUT2D eigenvalue weighted by molar-refractivity contribution is 0.114. The fourth-order valence-corrected chi connectivity index (χ4v) is 1.97. The molecular weight excluding hydrogens is 239 g/mol. The van der Waals surface area contributed by atoms with Gasteiger partial charge in [0, 0.05) is 12.0 Å². The van der Waals surface area contributed by atoms with Gasteiger partial charge in [-0.3, -0.25) is 0 Å². The van der Waals surface area contributed by atoms with E-state index < -0.39 is 6.10 Å². The second-order valence-corrected chi connectivity index (χ2v) is 3.81. The van der Waals surface area contributed by atoms with Crippen molar-refractivity contribution in [2.24, 2.45) is 0 Å². The first-order valence-electron chi connectivity index (χ1n) is 3.98. The highest BCUT2D eigenvalue weighted by Crippen LogP contribution is 2.38. The van der Waals surface area contributed by atoms with Crippen molar-refractivity contribution in [2.45, 2.75) is 12.5 Å². The fourth-order valence-electron chi connectivity index (χ4n) is 1.41. The standard InChI is InChI=1S/C9H8BrFO2/c10-7-4-5(11)3-6-8(12)1-2-13-9(6)7/h3-4,8,12H,1-2H2/t8-/m1/s1. The number of halogens is 2. The van der Waals surface area contributed by atoms with Gasteiger partial charge >= 0.3 is 0 Å². The Labute approximate surface area is 83.5 Å². The van der Waals surface area contributed by atoms with Crippen LogP contribution in [0.2, 0.25) is 0 Å². The van der Waals surface area contributed by atoms with E-state index in [9.17, 15) is 9.50 Å². The molecule has 2 nitrogen and oxygen atoms in total. The molecule has 4 heteroatoms. The summed E-state index contributed by atoms with van der Waals surface area (Å²) < 4.78 is 18.8. The summed E-state index contributed by atoms with van der Waals surface area (Å²) in [6.07, 6.45) is -0.0983. The number of rotatable bonds is 0. The lowest BCUT2D eigenvalue weighted by Crippen LogP contribution is -2.14. The Balaban J connectivity index is 2.56. The molecule has 0 unspecified atom stereocenters. The van der Waals surface area contributed by atoms with Gasteiger partial charge in [0.1, 0.15) is 11.6 Å². The second-order valence-electron chi connectivity index (χ2n) is 2.96. The Bertz CT molecular complexity index is 341. The van der Waals surface area contributed by atoms with Gasteiger partial charge in [-0.05, 0) is 28.1 Å². The van der Waals surface area contributed by atoms with Crippen molar-refractivity contribution in [3.05, 3.63) is 28.0 Å². The highest BCUT2D eigenvalue weighted by Gasteiger charge is 2.22. The smallest absolute Gasteiger partial charge is 0.139 e. The quantitative estimate of drug-likeness (QED) is 0.762. The summed E-state index contributed by atoms with van der Waals surface area (Å²) >= 11 is 3.18. The largest absolute Gasteiger partial charge is 0.492 e. The highest BCUT2D eigenvalue weighted by molar-refractivity contribution is 9.10. The molecule has 1 aliphatic rings.